The third-order valence-electron chi connectivity index (χ3n) is 0.797. The van der Waals surface area contributed by atoms with Gasteiger partial charge in [-0.25, -0.2) is 4.98 Å². The van der Waals surface area contributed by atoms with E-state index in [-0.39, 0.29) is 9.92 Å². The van der Waals surface area contributed by atoms with Crippen LogP contribution in [0.5, 0.6) is 0 Å². The molecule has 4 nitrogen and oxygen atoms in total. The molecule has 0 radical (unpaired) electrons. The quantitative estimate of drug-likeness (QED) is 0.464. The van der Waals surface area contributed by atoms with E-state index < -0.39 is 10.3 Å². The Morgan fingerprint density at radius 1 is 1.60 bits per heavy atom. The lowest BCUT2D eigenvalue weighted by molar-refractivity contribution is 0.623. The van der Waals surface area contributed by atoms with Gasteiger partial charge in [-0.15, -0.1) is 0 Å². The molecule has 0 amide bonds. The van der Waals surface area contributed by atoms with Crippen LogP contribution in [-0.4, -0.2) is 18.4 Å². The van der Waals surface area contributed by atoms with Crippen molar-refractivity contribution >= 4 is 21.9 Å². The van der Waals surface area contributed by atoms with E-state index in [1.165, 1.54) is 12.3 Å². The lowest BCUT2D eigenvalue weighted by atomic mass is 10.7. The highest BCUT2D eigenvalue weighted by molar-refractivity contribution is 7.63. The minimum Gasteiger partial charge on any atom is -0.318 e. The largest absolute Gasteiger partial charge is 0.318 e. The summed E-state index contributed by atoms with van der Waals surface area (Å²) >= 11 is 5.42. The molecule has 1 N–H and O–H groups in total. The molecule has 0 spiro atoms. The van der Waals surface area contributed by atoms with Crippen LogP contribution >= 0.6 is 11.6 Å². The van der Waals surface area contributed by atoms with Gasteiger partial charge in [0.05, 0.1) is 0 Å². The summed E-state index contributed by atoms with van der Waals surface area (Å²) in [7, 11) is -2.34. The minimum atomic E-state index is -2.34. The standard InChI is InChI=1S/C4H3ClN2O2S/c5-3-1-2-6-4(7-3)10(8)9/h1-2,7H. The number of halogens is 1. The SMILES string of the molecule is O=S(=O)=c1nccc(Cl)[nH]1. The van der Waals surface area contributed by atoms with Crippen molar-refractivity contribution < 1.29 is 8.42 Å². The van der Waals surface area contributed by atoms with Crippen LogP contribution in [0.4, 0.5) is 0 Å². The van der Waals surface area contributed by atoms with Gasteiger partial charge in [0.1, 0.15) is 5.15 Å². The molecule has 0 unspecified atom stereocenters. The van der Waals surface area contributed by atoms with Crippen LogP contribution in [0.15, 0.2) is 12.3 Å². The van der Waals surface area contributed by atoms with E-state index in [1.807, 2.05) is 0 Å². The fourth-order valence-electron chi connectivity index (χ4n) is 0.431. The summed E-state index contributed by atoms with van der Waals surface area (Å²) < 4.78 is 20.2. The van der Waals surface area contributed by atoms with Gasteiger partial charge in [0.2, 0.25) is 0 Å². The summed E-state index contributed by atoms with van der Waals surface area (Å²) in [6.45, 7) is 0. The second kappa shape index (κ2) is 2.85. The molecular formula is C4H3ClN2O2S. The van der Waals surface area contributed by atoms with Gasteiger partial charge < -0.3 is 4.98 Å². The Hall–Kier alpha value is -0.810. The molecule has 0 fully saturated rings. The first kappa shape index (κ1) is 7.30. The maximum Gasteiger partial charge on any atom is 0.258 e. The van der Waals surface area contributed by atoms with Crippen LogP contribution in [0.3, 0.4) is 0 Å². The van der Waals surface area contributed by atoms with Crippen LogP contribution in [-0.2, 0) is 10.3 Å². The first-order valence-electron chi connectivity index (χ1n) is 2.33. The van der Waals surface area contributed by atoms with Gasteiger partial charge in [-0.3, -0.25) is 0 Å². The first-order valence-corrected chi connectivity index (χ1v) is 3.78. The predicted octanol–water partition coefficient (Wildman–Crippen LogP) is 0.474. The first-order chi connectivity index (χ1) is 4.70. The van der Waals surface area contributed by atoms with Crippen LogP contribution < -0.4 is 0 Å². The molecule has 6 heteroatoms. The summed E-state index contributed by atoms with van der Waals surface area (Å²) in [5.74, 6) is 0. The molecule has 0 aliphatic heterocycles. The highest BCUT2D eigenvalue weighted by Crippen LogP contribution is 1.97. The maximum absolute atomic E-state index is 10.2. The molecular weight excluding hydrogens is 176 g/mol. The van der Waals surface area contributed by atoms with Crippen molar-refractivity contribution in [2.45, 2.75) is 0 Å². The van der Waals surface area contributed by atoms with Gasteiger partial charge in [0, 0.05) is 6.20 Å². The van der Waals surface area contributed by atoms with Crippen molar-refractivity contribution in [3.8, 4) is 0 Å². The Labute approximate surface area is 63.0 Å². The molecule has 0 bridgehead atoms. The van der Waals surface area contributed by atoms with Crippen LogP contribution in [0.1, 0.15) is 0 Å². The van der Waals surface area contributed by atoms with Crippen LogP contribution in [0.25, 0.3) is 0 Å². The zero-order valence-corrected chi connectivity index (χ0v) is 6.28. The second-order valence-corrected chi connectivity index (χ2v) is 2.72. The molecule has 1 aromatic heterocycles. The number of rotatable bonds is 0. The predicted molar refractivity (Wildman–Crippen MR) is 35.8 cm³/mol. The van der Waals surface area contributed by atoms with Gasteiger partial charge in [-0.2, -0.15) is 8.42 Å². The molecule has 1 aromatic rings. The molecule has 1 rings (SSSR count). The Morgan fingerprint density at radius 2 is 2.30 bits per heavy atom. The molecule has 0 aliphatic rings. The normalized spacial score (nSPS) is 9.30. The second-order valence-electron chi connectivity index (χ2n) is 1.46. The average Bonchev–Trinajstić information content (AvgIpc) is 1.88. The average molecular weight is 179 g/mol. The van der Waals surface area contributed by atoms with Gasteiger partial charge in [0.15, 0.2) is 0 Å². The van der Waals surface area contributed by atoms with Crippen LogP contribution in [0, 0.1) is 4.77 Å². The lowest BCUT2D eigenvalue weighted by Crippen LogP contribution is -1.82. The van der Waals surface area contributed by atoms with Gasteiger partial charge in [-0.1, -0.05) is 11.6 Å². The van der Waals surface area contributed by atoms with E-state index in [0.29, 0.717) is 0 Å². The van der Waals surface area contributed by atoms with Crippen molar-refractivity contribution in [2.75, 3.05) is 0 Å². The molecule has 0 saturated heterocycles. The zero-order valence-electron chi connectivity index (χ0n) is 4.70. The Bertz CT molecular complexity index is 386. The van der Waals surface area contributed by atoms with Gasteiger partial charge in [0.25, 0.3) is 15.1 Å². The molecule has 54 valence electrons. The number of H-pyrrole nitrogens is 1. The number of aromatic amines is 1. The summed E-state index contributed by atoms with van der Waals surface area (Å²) in [5, 5.41) is 0.245. The fourth-order valence-corrected chi connectivity index (χ4v) is 0.973. The zero-order chi connectivity index (χ0) is 7.56. The van der Waals surface area contributed by atoms with Crippen molar-refractivity contribution in [1.82, 2.24) is 9.97 Å². The highest BCUT2D eigenvalue weighted by atomic mass is 35.5. The highest BCUT2D eigenvalue weighted by Gasteiger charge is 1.85. The van der Waals surface area contributed by atoms with E-state index >= 15 is 0 Å². The minimum absolute atomic E-state index is 0.160. The number of hydrogen-bond acceptors (Lipinski definition) is 3. The third kappa shape index (κ3) is 1.58. The monoisotopic (exact) mass is 178 g/mol. The molecule has 1 heterocycles. The smallest absolute Gasteiger partial charge is 0.258 e. The van der Waals surface area contributed by atoms with Crippen molar-refractivity contribution in [3.05, 3.63) is 22.2 Å². The lowest BCUT2D eigenvalue weighted by Gasteiger charge is -1.83. The van der Waals surface area contributed by atoms with E-state index in [0.717, 1.165) is 0 Å². The van der Waals surface area contributed by atoms with Gasteiger partial charge >= 0.3 is 0 Å². The van der Waals surface area contributed by atoms with Crippen molar-refractivity contribution in [1.29, 1.82) is 0 Å². The van der Waals surface area contributed by atoms with E-state index in [9.17, 15) is 8.42 Å². The van der Waals surface area contributed by atoms with Crippen LogP contribution in [0.2, 0.25) is 5.15 Å². The van der Waals surface area contributed by atoms with E-state index in [4.69, 9.17) is 11.6 Å². The Kier molecular flexibility index (Phi) is 2.08. The van der Waals surface area contributed by atoms with Crippen molar-refractivity contribution in [2.24, 2.45) is 0 Å². The maximum atomic E-state index is 10.2. The third-order valence-corrected chi connectivity index (χ3v) is 1.54. The summed E-state index contributed by atoms with van der Waals surface area (Å²) in [5.41, 5.74) is 0. The topological polar surface area (TPSA) is 62.8 Å². The summed E-state index contributed by atoms with van der Waals surface area (Å²) in [6, 6.07) is 1.46. The van der Waals surface area contributed by atoms with Gasteiger partial charge in [-0.05, 0) is 6.07 Å². The van der Waals surface area contributed by atoms with E-state index in [2.05, 4.69) is 9.97 Å². The van der Waals surface area contributed by atoms with E-state index in [1.54, 1.807) is 0 Å². The number of hydrogen-bond donors (Lipinski definition) is 1. The molecule has 10 heavy (non-hydrogen) atoms. The Balaban J connectivity index is 3.65. The fraction of sp³-hybridized carbons (Fsp3) is 0. The molecule has 0 atom stereocenters. The summed E-state index contributed by atoms with van der Waals surface area (Å²) in [6.07, 6.45) is 1.31. The summed E-state index contributed by atoms with van der Waals surface area (Å²) in [4.78, 5) is 5.83. The number of aromatic nitrogens is 2. The number of nitrogens with zero attached hydrogens (tertiary/aromatic N) is 1. The number of nitrogens with one attached hydrogen (secondary N) is 1. The molecule has 0 aromatic carbocycles. The van der Waals surface area contributed by atoms with Crippen molar-refractivity contribution in [3.63, 3.8) is 0 Å². The Morgan fingerprint density at radius 3 is 2.70 bits per heavy atom. The molecule has 0 saturated carbocycles. The molecule has 0 aliphatic carbocycles.